The highest BCUT2D eigenvalue weighted by atomic mass is 127. The van der Waals surface area contributed by atoms with Crippen molar-refractivity contribution in [3.8, 4) is 0 Å². The predicted octanol–water partition coefficient (Wildman–Crippen LogP) is 3.60. The number of pyridine rings is 1. The Morgan fingerprint density at radius 1 is 1.25 bits per heavy atom. The number of aromatic nitrogens is 1. The number of halogens is 2. The van der Waals surface area contributed by atoms with Crippen LogP contribution in [0.5, 0.6) is 0 Å². The fourth-order valence-electron chi connectivity index (χ4n) is 1.08. The molecule has 1 heterocycles. The third kappa shape index (κ3) is 1.35. The van der Waals surface area contributed by atoms with Crippen molar-refractivity contribution < 1.29 is 0 Å². The highest BCUT2D eigenvalue weighted by Crippen LogP contribution is 2.26. The number of para-hydroxylation sites is 1. The molecular formula is C9H5BrIN. The van der Waals surface area contributed by atoms with Gasteiger partial charge in [-0.3, -0.25) is 4.98 Å². The maximum atomic E-state index is 4.30. The summed E-state index contributed by atoms with van der Waals surface area (Å²) < 4.78 is 2.28. The van der Waals surface area contributed by atoms with Crippen LogP contribution in [0.2, 0.25) is 0 Å². The normalized spacial score (nSPS) is 10.5. The lowest BCUT2D eigenvalue weighted by atomic mass is 10.2. The Balaban J connectivity index is 2.91. The van der Waals surface area contributed by atoms with Gasteiger partial charge in [0.05, 0.1) is 5.52 Å². The molecule has 1 aromatic carbocycles. The summed E-state index contributed by atoms with van der Waals surface area (Å²) in [4.78, 5) is 4.30. The molecule has 2 aromatic rings. The summed E-state index contributed by atoms with van der Waals surface area (Å²) in [5.41, 5.74) is 1.03. The van der Waals surface area contributed by atoms with Crippen LogP contribution in [0.3, 0.4) is 0 Å². The third-order valence-corrected chi connectivity index (χ3v) is 4.08. The Bertz CT molecular complexity index is 428. The van der Waals surface area contributed by atoms with E-state index in [9.17, 15) is 0 Å². The maximum Gasteiger partial charge on any atom is 0.0714 e. The van der Waals surface area contributed by atoms with Gasteiger partial charge in [0, 0.05) is 19.6 Å². The molecule has 12 heavy (non-hydrogen) atoms. The van der Waals surface area contributed by atoms with Crippen molar-refractivity contribution in [1.82, 2.24) is 4.98 Å². The monoisotopic (exact) mass is 333 g/mol. The number of fused-ring (bicyclic) bond motifs is 1. The number of nitrogens with zero attached hydrogens (tertiary/aromatic N) is 1. The van der Waals surface area contributed by atoms with E-state index < -0.39 is 0 Å². The van der Waals surface area contributed by atoms with Gasteiger partial charge < -0.3 is 0 Å². The van der Waals surface area contributed by atoms with Crippen LogP contribution >= 0.6 is 38.5 Å². The van der Waals surface area contributed by atoms with Crippen molar-refractivity contribution in [2.75, 3.05) is 0 Å². The first-order chi connectivity index (χ1) is 5.79. The number of hydrogen-bond donors (Lipinski definition) is 0. The van der Waals surface area contributed by atoms with Gasteiger partial charge >= 0.3 is 0 Å². The van der Waals surface area contributed by atoms with Crippen LogP contribution in [0.1, 0.15) is 0 Å². The van der Waals surface area contributed by atoms with Crippen molar-refractivity contribution in [3.63, 3.8) is 0 Å². The SMILES string of the molecule is Brc1c(I)cnc2ccccc12. The average molecular weight is 334 g/mol. The zero-order valence-electron chi connectivity index (χ0n) is 6.09. The molecule has 0 aliphatic carbocycles. The summed E-state index contributed by atoms with van der Waals surface area (Å²) in [5, 5.41) is 1.17. The summed E-state index contributed by atoms with van der Waals surface area (Å²) in [6.07, 6.45) is 1.87. The van der Waals surface area contributed by atoms with Gasteiger partial charge in [0.2, 0.25) is 0 Å². The lowest BCUT2D eigenvalue weighted by Crippen LogP contribution is -1.82. The van der Waals surface area contributed by atoms with E-state index in [2.05, 4.69) is 49.6 Å². The second-order valence-electron chi connectivity index (χ2n) is 2.44. The van der Waals surface area contributed by atoms with Gasteiger partial charge in [-0.1, -0.05) is 18.2 Å². The van der Waals surface area contributed by atoms with E-state index in [1.54, 1.807) is 0 Å². The largest absolute Gasteiger partial charge is 0.255 e. The van der Waals surface area contributed by atoms with Crippen molar-refractivity contribution in [1.29, 1.82) is 0 Å². The van der Waals surface area contributed by atoms with E-state index >= 15 is 0 Å². The van der Waals surface area contributed by atoms with Gasteiger partial charge in [0.25, 0.3) is 0 Å². The van der Waals surface area contributed by atoms with E-state index in [0.29, 0.717) is 0 Å². The molecule has 60 valence electrons. The van der Waals surface area contributed by atoms with Gasteiger partial charge in [0.1, 0.15) is 0 Å². The molecule has 0 aliphatic heterocycles. The molecule has 0 spiro atoms. The van der Waals surface area contributed by atoms with Gasteiger partial charge in [-0.25, -0.2) is 0 Å². The maximum absolute atomic E-state index is 4.30. The molecule has 0 atom stereocenters. The fraction of sp³-hybridized carbons (Fsp3) is 0. The van der Waals surface area contributed by atoms with Gasteiger partial charge in [-0.2, -0.15) is 0 Å². The number of benzene rings is 1. The van der Waals surface area contributed by atoms with E-state index in [-0.39, 0.29) is 0 Å². The molecule has 0 bridgehead atoms. The summed E-state index contributed by atoms with van der Waals surface area (Å²) in [5.74, 6) is 0. The molecule has 1 nitrogen and oxygen atoms in total. The molecule has 2 rings (SSSR count). The second kappa shape index (κ2) is 3.30. The first kappa shape index (κ1) is 8.44. The fourth-order valence-corrected chi connectivity index (χ4v) is 1.95. The molecule has 0 N–H and O–H groups in total. The zero-order chi connectivity index (χ0) is 8.55. The van der Waals surface area contributed by atoms with Crippen LogP contribution in [-0.4, -0.2) is 4.98 Å². The van der Waals surface area contributed by atoms with Crippen molar-refractivity contribution >= 4 is 49.4 Å². The summed E-state index contributed by atoms with van der Waals surface area (Å²) in [7, 11) is 0. The Labute approximate surface area is 92.5 Å². The summed E-state index contributed by atoms with van der Waals surface area (Å²) in [6.45, 7) is 0. The van der Waals surface area contributed by atoms with E-state index in [1.807, 2.05) is 24.4 Å². The van der Waals surface area contributed by atoms with Crippen molar-refractivity contribution in [2.45, 2.75) is 0 Å². The third-order valence-electron chi connectivity index (χ3n) is 1.67. The molecular weight excluding hydrogens is 329 g/mol. The minimum absolute atomic E-state index is 1.03. The quantitative estimate of drug-likeness (QED) is 0.671. The predicted molar refractivity (Wildman–Crippen MR) is 62.2 cm³/mol. The molecule has 0 saturated heterocycles. The first-order valence-corrected chi connectivity index (χ1v) is 5.35. The van der Waals surface area contributed by atoms with E-state index in [1.165, 1.54) is 5.39 Å². The lowest BCUT2D eigenvalue weighted by molar-refractivity contribution is 1.37. The molecule has 1 aromatic heterocycles. The first-order valence-electron chi connectivity index (χ1n) is 3.48. The van der Waals surface area contributed by atoms with Crippen LogP contribution < -0.4 is 0 Å². The van der Waals surface area contributed by atoms with Gasteiger partial charge in [-0.15, -0.1) is 0 Å². The van der Waals surface area contributed by atoms with Gasteiger partial charge in [-0.05, 0) is 44.6 Å². The molecule has 0 unspecified atom stereocenters. The zero-order valence-corrected chi connectivity index (χ0v) is 9.83. The minimum atomic E-state index is 1.03. The average Bonchev–Trinajstić information content (AvgIpc) is 2.12. The smallest absolute Gasteiger partial charge is 0.0714 e. The molecule has 0 radical (unpaired) electrons. The molecule has 3 heteroatoms. The van der Waals surface area contributed by atoms with Crippen LogP contribution in [0.4, 0.5) is 0 Å². The molecule has 0 fully saturated rings. The van der Waals surface area contributed by atoms with Crippen LogP contribution in [0.25, 0.3) is 10.9 Å². The highest BCUT2D eigenvalue weighted by Gasteiger charge is 2.01. The highest BCUT2D eigenvalue weighted by molar-refractivity contribution is 14.1. The Hall–Kier alpha value is -0.160. The summed E-state index contributed by atoms with van der Waals surface area (Å²) >= 11 is 5.80. The molecule has 0 aliphatic rings. The molecule has 0 amide bonds. The molecule has 0 saturated carbocycles. The number of hydrogen-bond acceptors (Lipinski definition) is 1. The van der Waals surface area contributed by atoms with Crippen molar-refractivity contribution in [3.05, 3.63) is 38.5 Å². The number of rotatable bonds is 0. The Morgan fingerprint density at radius 3 is 2.83 bits per heavy atom. The topological polar surface area (TPSA) is 12.9 Å². The van der Waals surface area contributed by atoms with E-state index in [4.69, 9.17) is 0 Å². The standard InChI is InChI=1S/C9H5BrIN/c10-9-6-3-1-2-4-8(6)12-5-7(9)11/h1-5H. The van der Waals surface area contributed by atoms with Crippen LogP contribution in [0, 0.1) is 3.57 Å². The van der Waals surface area contributed by atoms with Crippen molar-refractivity contribution in [2.24, 2.45) is 0 Å². The summed E-state index contributed by atoms with van der Waals surface area (Å²) in [6, 6.07) is 8.09. The lowest BCUT2D eigenvalue weighted by Gasteiger charge is -2.00. The Kier molecular flexibility index (Phi) is 2.32. The van der Waals surface area contributed by atoms with Crippen LogP contribution in [-0.2, 0) is 0 Å². The van der Waals surface area contributed by atoms with Gasteiger partial charge in [0.15, 0.2) is 0 Å². The van der Waals surface area contributed by atoms with E-state index in [0.717, 1.165) is 13.6 Å². The minimum Gasteiger partial charge on any atom is -0.255 e. The Morgan fingerprint density at radius 2 is 2.00 bits per heavy atom. The van der Waals surface area contributed by atoms with Crippen LogP contribution in [0.15, 0.2) is 34.9 Å². The second-order valence-corrected chi connectivity index (χ2v) is 4.39.